The van der Waals surface area contributed by atoms with Gasteiger partial charge in [0.05, 0.1) is 5.69 Å². The second-order valence-corrected chi connectivity index (χ2v) is 5.37. The van der Waals surface area contributed by atoms with Crippen molar-refractivity contribution in [1.29, 1.82) is 0 Å². The van der Waals surface area contributed by atoms with E-state index in [1.54, 1.807) is 4.68 Å². The minimum atomic E-state index is -0.00322. The number of carbonyl (C=O) groups is 1. The molecule has 0 fully saturated rings. The lowest BCUT2D eigenvalue weighted by molar-refractivity contribution is -0.116. The Morgan fingerprint density at radius 2 is 1.87 bits per heavy atom. The molecule has 3 aromatic rings. The van der Waals surface area contributed by atoms with Crippen molar-refractivity contribution in [3.05, 3.63) is 66.5 Å². The molecular weight excluding hydrogens is 290 g/mol. The van der Waals surface area contributed by atoms with Crippen molar-refractivity contribution in [2.75, 3.05) is 5.32 Å². The number of tetrazole rings is 1. The fourth-order valence-electron chi connectivity index (χ4n) is 2.37. The van der Waals surface area contributed by atoms with Gasteiger partial charge in [0.1, 0.15) is 6.33 Å². The molecule has 1 N–H and O–H groups in total. The summed E-state index contributed by atoms with van der Waals surface area (Å²) >= 11 is 0. The van der Waals surface area contributed by atoms with Gasteiger partial charge < -0.3 is 5.32 Å². The summed E-state index contributed by atoms with van der Waals surface area (Å²) in [5, 5.41) is 13.9. The van der Waals surface area contributed by atoms with E-state index in [1.165, 1.54) is 6.33 Å². The highest BCUT2D eigenvalue weighted by Gasteiger charge is 2.11. The SMILES string of the molecule is CC(CC(=O)Nc1ccc(-n2cnnn2)cc1)c1ccccc1. The Hall–Kier alpha value is -3.02. The zero-order valence-corrected chi connectivity index (χ0v) is 12.8. The van der Waals surface area contributed by atoms with Crippen LogP contribution in [0.2, 0.25) is 0 Å². The Morgan fingerprint density at radius 3 is 2.52 bits per heavy atom. The van der Waals surface area contributed by atoms with Gasteiger partial charge >= 0.3 is 0 Å². The molecule has 23 heavy (non-hydrogen) atoms. The standard InChI is InChI=1S/C17H17N5O/c1-13(14-5-3-2-4-6-14)11-17(23)19-15-7-9-16(10-8-15)22-12-18-20-21-22/h2-10,12-13H,11H2,1H3,(H,19,23). The number of anilines is 1. The van der Waals surface area contributed by atoms with Gasteiger partial charge in [0.15, 0.2) is 0 Å². The summed E-state index contributed by atoms with van der Waals surface area (Å²) in [7, 11) is 0. The lowest BCUT2D eigenvalue weighted by Crippen LogP contribution is -2.14. The van der Waals surface area contributed by atoms with E-state index in [4.69, 9.17) is 0 Å². The molecule has 1 amide bonds. The summed E-state index contributed by atoms with van der Waals surface area (Å²) in [6.07, 6.45) is 1.97. The van der Waals surface area contributed by atoms with E-state index in [2.05, 4.69) is 27.8 Å². The van der Waals surface area contributed by atoms with Gasteiger partial charge in [-0.05, 0) is 46.2 Å². The monoisotopic (exact) mass is 307 g/mol. The predicted octanol–water partition coefficient (Wildman–Crippen LogP) is 2.79. The molecule has 0 radical (unpaired) electrons. The van der Waals surface area contributed by atoms with E-state index in [0.29, 0.717) is 6.42 Å². The van der Waals surface area contributed by atoms with Crippen molar-refractivity contribution < 1.29 is 4.79 Å². The number of aromatic nitrogens is 4. The molecule has 1 unspecified atom stereocenters. The predicted molar refractivity (Wildman–Crippen MR) is 87.3 cm³/mol. The minimum absolute atomic E-state index is 0.00322. The van der Waals surface area contributed by atoms with Crippen molar-refractivity contribution in [1.82, 2.24) is 20.2 Å². The molecule has 116 valence electrons. The summed E-state index contributed by atoms with van der Waals surface area (Å²) in [5.74, 6) is 0.174. The Balaban J connectivity index is 1.60. The summed E-state index contributed by atoms with van der Waals surface area (Å²) < 4.78 is 1.56. The molecule has 0 aliphatic rings. The molecule has 0 aliphatic heterocycles. The number of carbonyl (C=O) groups excluding carboxylic acids is 1. The third-order valence-electron chi connectivity index (χ3n) is 3.62. The van der Waals surface area contributed by atoms with Crippen LogP contribution in [0.25, 0.3) is 5.69 Å². The van der Waals surface area contributed by atoms with Gasteiger partial charge in [-0.15, -0.1) is 5.10 Å². The maximum Gasteiger partial charge on any atom is 0.224 e. The summed E-state index contributed by atoms with van der Waals surface area (Å²) in [6.45, 7) is 2.05. The van der Waals surface area contributed by atoms with Gasteiger partial charge in [0.25, 0.3) is 0 Å². The van der Waals surface area contributed by atoms with E-state index >= 15 is 0 Å². The zero-order chi connectivity index (χ0) is 16.1. The molecule has 2 aromatic carbocycles. The van der Waals surface area contributed by atoms with Crippen LogP contribution in [0, 0.1) is 0 Å². The van der Waals surface area contributed by atoms with Gasteiger partial charge in [0.2, 0.25) is 5.91 Å². The molecule has 1 atom stereocenters. The maximum absolute atomic E-state index is 12.2. The Morgan fingerprint density at radius 1 is 1.13 bits per heavy atom. The number of benzene rings is 2. The van der Waals surface area contributed by atoms with Crippen LogP contribution in [0.3, 0.4) is 0 Å². The first-order valence-electron chi connectivity index (χ1n) is 7.40. The molecule has 0 saturated heterocycles. The zero-order valence-electron chi connectivity index (χ0n) is 12.8. The highest BCUT2D eigenvalue weighted by molar-refractivity contribution is 5.91. The molecule has 0 spiro atoms. The first-order valence-corrected chi connectivity index (χ1v) is 7.40. The van der Waals surface area contributed by atoms with Crippen LogP contribution in [0.5, 0.6) is 0 Å². The first-order chi connectivity index (χ1) is 11.2. The minimum Gasteiger partial charge on any atom is -0.326 e. The number of hydrogen-bond donors (Lipinski definition) is 1. The second-order valence-electron chi connectivity index (χ2n) is 5.37. The largest absolute Gasteiger partial charge is 0.326 e. The topological polar surface area (TPSA) is 72.7 Å². The van der Waals surface area contributed by atoms with Crippen molar-refractivity contribution in [2.45, 2.75) is 19.3 Å². The summed E-state index contributed by atoms with van der Waals surface area (Å²) in [6, 6.07) is 17.4. The average molecular weight is 307 g/mol. The molecule has 0 saturated carbocycles. The highest BCUT2D eigenvalue weighted by Crippen LogP contribution is 2.19. The second kappa shape index (κ2) is 6.83. The molecule has 3 rings (SSSR count). The smallest absolute Gasteiger partial charge is 0.224 e. The summed E-state index contributed by atoms with van der Waals surface area (Å²) in [4.78, 5) is 12.2. The van der Waals surface area contributed by atoms with E-state index in [9.17, 15) is 4.79 Å². The van der Waals surface area contributed by atoms with E-state index in [1.807, 2.05) is 54.6 Å². The quantitative estimate of drug-likeness (QED) is 0.786. The molecule has 6 heteroatoms. The van der Waals surface area contributed by atoms with Gasteiger partial charge in [-0.1, -0.05) is 37.3 Å². The Bertz CT molecular complexity index is 753. The van der Waals surface area contributed by atoms with Crippen LogP contribution in [0.15, 0.2) is 60.9 Å². The Kier molecular flexibility index (Phi) is 4.42. The number of nitrogens with one attached hydrogen (secondary N) is 1. The van der Waals surface area contributed by atoms with Crippen molar-refractivity contribution in [3.8, 4) is 5.69 Å². The van der Waals surface area contributed by atoms with Crippen LogP contribution in [-0.4, -0.2) is 26.1 Å². The third-order valence-corrected chi connectivity index (χ3v) is 3.62. The first kappa shape index (κ1) is 14.9. The normalized spacial score (nSPS) is 11.9. The lowest BCUT2D eigenvalue weighted by Gasteiger charge is -2.12. The number of nitrogens with zero attached hydrogens (tertiary/aromatic N) is 4. The van der Waals surface area contributed by atoms with Gasteiger partial charge in [-0.3, -0.25) is 4.79 Å². The van der Waals surface area contributed by atoms with Crippen LogP contribution in [0.4, 0.5) is 5.69 Å². The summed E-state index contributed by atoms with van der Waals surface area (Å²) in [5.41, 5.74) is 2.76. The van der Waals surface area contributed by atoms with E-state index in [-0.39, 0.29) is 11.8 Å². The average Bonchev–Trinajstić information content (AvgIpc) is 3.11. The highest BCUT2D eigenvalue weighted by atomic mass is 16.1. The molecule has 0 aliphatic carbocycles. The van der Waals surface area contributed by atoms with Crippen molar-refractivity contribution in [3.63, 3.8) is 0 Å². The van der Waals surface area contributed by atoms with Crippen molar-refractivity contribution >= 4 is 11.6 Å². The van der Waals surface area contributed by atoms with Gasteiger partial charge in [-0.25, -0.2) is 4.68 Å². The van der Waals surface area contributed by atoms with Crippen LogP contribution < -0.4 is 5.32 Å². The van der Waals surface area contributed by atoms with Crippen LogP contribution in [-0.2, 0) is 4.79 Å². The molecule has 1 heterocycles. The van der Waals surface area contributed by atoms with Crippen molar-refractivity contribution in [2.24, 2.45) is 0 Å². The number of rotatable bonds is 5. The Labute approximate surface area is 134 Å². The van der Waals surface area contributed by atoms with Crippen LogP contribution >= 0.6 is 0 Å². The molecule has 0 bridgehead atoms. The number of amides is 1. The van der Waals surface area contributed by atoms with Crippen LogP contribution in [0.1, 0.15) is 24.8 Å². The molecule has 6 nitrogen and oxygen atoms in total. The van der Waals surface area contributed by atoms with E-state index in [0.717, 1.165) is 16.9 Å². The maximum atomic E-state index is 12.2. The van der Waals surface area contributed by atoms with E-state index < -0.39 is 0 Å². The number of hydrogen-bond acceptors (Lipinski definition) is 4. The fourth-order valence-corrected chi connectivity index (χ4v) is 2.37. The van der Waals surface area contributed by atoms with Gasteiger partial charge in [-0.2, -0.15) is 0 Å². The lowest BCUT2D eigenvalue weighted by atomic mass is 9.97. The molecule has 1 aromatic heterocycles. The molecular formula is C17H17N5O. The third kappa shape index (κ3) is 3.79. The fraction of sp³-hybridized carbons (Fsp3) is 0.176. The van der Waals surface area contributed by atoms with Gasteiger partial charge in [0, 0.05) is 12.1 Å².